The lowest BCUT2D eigenvalue weighted by Crippen LogP contribution is -2.12. The SMILES string of the molecule is COc1ccccc1C(N)c1cc2cc(F)ccc2o1. The second-order valence-corrected chi connectivity index (χ2v) is 4.55. The molecule has 1 aromatic heterocycles. The number of furan rings is 1. The first-order valence-corrected chi connectivity index (χ1v) is 6.26. The van der Waals surface area contributed by atoms with Gasteiger partial charge in [0.2, 0.25) is 0 Å². The quantitative estimate of drug-likeness (QED) is 0.791. The Morgan fingerprint density at radius 3 is 2.75 bits per heavy atom. The van der Waals surface area contributed by atoms with Gasteiger partial charge < -0.3 is 14.9 Å². The van der Waals surface area contributed by atoms with Gasteiger partial charge in [-0.05, 0) is 30.3 Å². The summed E-state index contributed by atoms with van der Waals surface area (Å²) in [6.07, 6.45) is 0. The maximum atomic E-state index is 13.2. The molecule has 1 atom stereocenters. The van der Waals surface area contributed by atoms with Gasteiger partial charge >= 0.3 is 0 Å². The summed E-state index contributed by atoms with van der Waals surface area (Å²) in [5, 5.41) is 0.699. The van der Waals surface area contributed by atoms with Crippen LogP contribution in [0.1, 0.15) is 17.4 Å². The lowest BCUT2D eigenvalue weighted by Gasteiger charge is -2.13. The average Bonchev–Trinajstić information content (AvgIpc) is 2.89. The molecule has 3 rings (SSSR count). The van der Waals surface area contributed by atoms with Crippen molar-refractivity contribution in [3.05, 3.63) is 65.7 Å². The van der Waals surface area contributed by atoms with Crippen molar-refractivity contribution in [1.29, 1.82) is 0 Å². The normalized spacial score (nSPS) is 12.6. The van der Waals surface area contributed by atoms with Crippen LogP contribution in [0.3, 0.4) is 0 Å². The van der Waals surface area contributed by atoms with E-state index >= 15 is 0 Å². The number of hydrogen-bond acceptors (Lipinski definition) is 3. The van der Waals surface area contributed by atoms with Gasteiger partial charge in [0, 0.05) is 10.9 Å². The zero-order valence-electron chi connectivity index (χ0n) is 11.0. The molecule has 0 saturated heterocycles. The topological polar surface area (TPSA) is 48.4 Å². The molecule has 2 N–H and O–H groups in total. The predicted molar refractivity (Wildman–Crippen MR) is 75.2 cm³/mol. The van der Waals surface area contributed by atoms with E-state index in [1.165, 1.54) is 12.1 Å². The molecule has 1 unspecified atom stereocenters. The highest BCUT2D eigenvalue weighted by atomic mass is 19.1. The Hall–Kier alpha value is -2.33. The van der Waals surface area contributed by atoms with E-state index in [1.807, 2.05) is 24.3 Å². The highest BCUT2D eigenvalue weighted by Gasteiger charge is 2.17. The Balaban J connectivity index is 2.05. The molecule has 0 radical (unpaired) electrons. The molecule has 0 bridgehead atoms. The molecule has 0 aliphatic heterocycles. The minimum atomic E-state index is -0.457. The zero-order chi connectivity index (χ0) is 14.1. The Bertz CT molecular complexity index is 751. The summed E-state index contributed by atoms with van der Waals surface area (Å²) >= 11 is 0. The van der Waals surface area contributed by atoms with Crippen molar-refractivity contribution in [1.82, 2.24) is 0 Å². The summed E-state index contributed by atoms with van der Waals surface area (Å²) in [5.74, 6) is 0.984. The van der Waals surface area contributed by atoms with E-state index in [-0.39, 0.29) is 5.82 Å². The Morgan fingerprint density at radius 2 is 1.95 bits per heavy atom. The van der Waals surface area contributed by atoms with Gasteiger partial charge in [0.25, 0.3) is 0 Å². The third kappa shape index (κ3) is 2.14. The van der Waals surface area contributed by atoms with Crippen molar-refractivity contribution >= 4 is 11.0 Å². The number of nitrogens with two attached hydrogens (primary N) is 1. The fraction of sp³-hybridized carbons (Fsp3) is 0.125. The van der Waals surface area contributed by atoms with Gasteiger partial charge in [-0.25, -0.2) is 4.39 Å². The van der Waals surface area contributed by atoms with E-state index in [0.717, 1.165) is 5.56 Å². The van der Waals surface area contributed by atoms with Crippen LogP contribution in [0, 0.1) is 5.82 Å². The number of methoxy groups -OCH3 is 1. The number of para-hydroxylation sites is 1. The van der Waals surface area contributed by atoms with E-state index in [2.05, 4.69) is 0 Å². The Labute approximate surface area is 115 Å². The van der Waals surface area contributed by atoms with Gasteiger partial charge in [-0.3, -0.25) is 0 Å². The molecule has 3 nitrogen and oxygen atoms in total. The third-order valence-corrected chi connectivity index (χ3v) is 3.28. The van der Waals surface area contributed by atoms with Crippen molar-refractivity contribution < 1.29 is 13.5 Å². The van der Waals surface area contributed by atoms with Crippen LogP contribution in [-0.4, -0.2) is 7.11 Å². The minimum absolute atomic E-state index is 0.296. The molecule has 102 valence electrons. The molecule has 0 spiro atoms. The summed E-state index contributed by atoms with van der Waals surface area (Å²) < 4.78 is 24.2. The summed E-state index contributed by atoms with van der Waals surface area (Å²) in [6, 6.07) is 13.2. The van der Waals surface area contributed by atoms with E-state index < -0.39 is 6.04 Å². The number of halogens is 1. The Morgan fingerprint density at radius 1 is 1.15 bits per heavy atom. The number of benzene rings is 2. The smallest absolute Gasteiger partial charge is 0.134 e. The van der Waals surface area contributed by atoms with Gasteiger partial charge in [0.1, 0.15) is 22.9 Å². The van der Waals surface area contributed by atoms with Crippen molar-refractivity contribution in [2.45, 2.75) is 6.04 Å². The molecule has 4 heteroatoms. The van der Waals surface area contributed by atoms with Crippen LogP contribution in [0.15, 0.2) is 52.9 Å². The van der Waals surface area contributed by atoms with Crippen LogP contribution in [0.2, 0.25) is 0 Å². The van der Waals surface area contributed by atoms with E-state index in [9.17, 15) is 4.39 Å². The fourth-order valence-electron chi connectivity index (χ4n) is 2.26. The second-order valence-electron chi connectivity index (χ2n) is 4.55. The van der Waals surface area contributed by atoms with E-state index in [0.29, 0.717) is 22.5 Å². The van der Waals surface area contributed by atoms with Gasteiger partial charge in [-0.2, -0.15) is 0 Å². The van der Waals surface area contributed by atoms with Gasteiger partial charge in [-0.15, -0.1) is 0 Å². The van der Waals surface area contributed by atoms with Crippen molar-refractivity contribution in [2.24, 2.45) is 5.73 Å². The third-order valence-electron chi connectivity index (χ3n) is 3.28. The first-order chi connectivity index (χ1) is 9.69. The summed E-state index contributed by atoms with van der Waals surface area (Å²) in [4.78, 5) is 0. The van der Waals surface area contributed by atoms with Crippen molar-refractivity contribution in [2.75, 3.05) is 7.11 Å². The van der Waals surface area contributed by atoms with E-state index in [4.69, 9.17) is 14.9 Å². The monoisotopic (exact) mass is 271 g/mol. The van der Waals surface area contributed by atoms with Crippen molar-refractivity contribution in [3.63, 3.8) is 0 Å². The second kappa shape index (κ2) is 4.98. The van der Waals surface area contributed by atoms with Crippen LogP contribution < -0.4 is 10.5 Å². The van der Waals surface area contributed by atoms with Gasteiger partial charge in [0.05, 0.1) is 13.2 Å². The van der Waals surface area contributed by atoms with Crippen LogP contribution in [-0.2, 0) is 0 Å². The molecule has 1 heterocycles. The highest BCUT2D eigenvalue weighted by Crippen LogP contribution is 2.31. The van der Waals surface area contributed by atoms with Crippen LogP contribution >= 0.6 is 0 Å². The molecule has 2 aromatic carbocycles. The standard InChI is InChI=1S/C16H14FNO2/c1-19-14-5-3-2-4-12(14)16(18)15-9-10-8-11(17)6-7-13(10)20-15/h2-9,16H,18H2,1H3. The largest absolute Gasteiger partial charge is 0.496 e. The van der Waals surface area contributed by atoms with Gasteiger partial charge in [-0.1, -0.05) is 18.2 Å². The zero-order valence-corrected chi connectivity index (χ0v) is 11.0. The predicted octanol–water partition coefficient (Wildman–Crippen LogP) is 3.63. The number of fused-ring (bicyclic) bond motifs is 1. The molecule has 0 aliphatic rings. The molecule has 20 heavy (non-hydrogen) atoms. The summed E-state index contributed by atoms with van der Waals surface area (Å²) in [7, 11) is 1.60. The fourth-order valence-corrected chi connectivity index (χ4v) is 2.26. The maximum Gasteiger partial charge on any atom is 0.134 e. The summed E-state index contributed by atoms with van der Waals surface area (Å²) in [5.41, 5.74) is 7.67. The molecule has 0 aliphatic carbocycles. The molecule has 0 amide bonds. The van der Waals surface area contributed by atoms with Crippen molar-refractivity contribution in [3.8, 4) is 5.75 Å². The molecule has 0 fully saturated rings. The Kier molecular flexibility index (Phi) is 3.16. The average molecular weight is 271 g/mol. The first-order valence-electron chi connectivity index (χ1n) is 6.26. The van der Waals surface area contributed by atoms with Crippen LogP contribution in [0.25, 0.3) is 11.0 Å². The first kappa shape index (κ1) is 12.7. The minimum Gasteiger partial charge on any atom is -0.496 e. The molecular weight excluding hydrogens is 257 g/mol. The molecular formula is C16H14FNO2. The van der Waals surface area contributed by atoms with E-state index in [1.54, 1.807) is 19.2 Å². The number of rotatable bonds is 3. The summed E-state index contributed by atoms with van der Waals surface area (Å²) in [6.45, 7) is 0. The van der Waals surface area contributed by atoms with Crippen LogP contribution in [0.5, 0.6) is 5.75 Å². The maximum absolute atomic E-state index is 13.2. The molecule has 3 aromatic rings. The van der Waals surface area contributed by atoms with Gasteiger partial charge in [0.15, 0.2) is 0 Å². The lowest BCUT2D eigenvalue weighted by atomic mass is 10.0. The van der Waals surface area contributed by atoms with Crippen LogP contribution in [0.4, 0.5) is 4.39 Å². The molecule has 0 saturated carbocycles. The highest BCUT2D eigenvalue weighted by molar-refractivity contribution is 5.78. The number of ether oxygens (including phenoxy) is 1. The lowest BCUT2D eigenvalue weighted by molar-refractivity contribution is 0.404. The number of hydrogen-bond donors (Lipinski definition) is 1.